The van der Waals surface area contributed by atoms with Crippen LogP contribution in [0, 0.1) is 5.92 Å². The number of H-pyrrole nitrogens is 1. The molecule has 0 bridgehead atoms. The predicted octanol–water partition coefficient (Wildman–Crippen LogP) is 4.00. The molecule has 0 atom stereocenters. The fraction of sp³-hybridized carbons (Fsp3) is 0.524. The number of nitrogens with zero attached hydrogens (tertiary/aromatic N) is 4. The van der Waals surface area contributed by atoms with Gasteiger partial charge in [0.15, 0.2) is 11.5 Å². The van der Waals surface area contributed by atoms with Crippen LogP contribution in [0.1, 0.15) is 24.2 Å². The van der Waals surface area contributed by atoms with Crippen LogP contribution in [0.3, 0.4) is 0 Å². The molecule has 3 heterocycles. The second-order valence-corrected chi connectivity index (χ2v) is 14.7. The van der Waals surface area contributed by atoms with Crippen molar-refractivity contribution in [3.05, 3.63) is 36.0 Å². The zero-order valence-corrected chi connectivity index (χ0v) is 18.9. The molecule has 9 heteroatoms. The van der Waals surface area contributed by atoms with E-state index in [2.05, 4.69) is 49.9 Å². The molecule has 0 unspecified atom stereocenters. The van der Waals surface area contributed by atoms with Crippen molar-refractivity contribution in [2.45, 2.75) is 51.7 Å². The monoisotopic (exact) mass is 426 g/mol. The van der Waals surface area contributed by atoms with E-state index in [-0.39, 0.29) is 0 Å². The summed E-state index contributed by atoms with van der Waals surface area (Å²) in [6.07, 6.45) is 5.83. The maximum atomic E-state index is 5.80. The van der Waals surface area contributed by atoms with Crippen LogP contribution < -0.4 is 10.1 Å². The van der Waals surface area contributed by atoms with Crippen molar-refractivity contribution in [3.63, 3.8) is 0 Å². The predicted molar refractivity (Wildman–Crippen MR) is 119 cm³/mol. The molecule has 1 saturated carbocycles. The highest BCUT2D eigenvalue weighted by atomic mass is 28.3. The van der Waals surface area contributed by atoms with Crippen LogP contribution in [0.4, 0.5) is 5.82 Å². The molecular weight excluding hydrogens is 396 g/mol. The molecule has 0 radical (unpaired) electrons. The lowest BCUT2D eigenvalue weighted by Crippen LogP contribution is -2.21. The van der Waals surface area contributed by atoms with Gasteiger partial charge in [0.2, 0.25) is 5.88 Å². The third-order valence-corrected chi connectivity index (χ3v) is 6.70. The molecule has 4 rings (SSSR count). The van der Waals surface area contributed by atoms with Gasteiger partial charge in [-0.1, -0.05) is 19.6 Å². The Kier molecular flexibility index (Phi) is 6.28. The van der Waals surface area contributed by atoms with Gasteiger partial charge in [0.25, 0.3) is 0 Å². The van der Waals surface area contributed by atoms with Gasteiger partial charge in [-0.3, -0.25) is 0 Å². The van der Waals surface area contributed by atoms with Gasteiger partial charge < -0.3 is 19.8 Å². The molecule has 0 aromatic carbocycles. The zero-order valence-electron chi connectivity index (χ0n) is 17.9. The number of aromatic nitrogens is 5. The van der Waals surface area contributed by atoms with Crippen molar-refractivity contribution in [1.29, 1.82) is 0 Å². The molecule has 0 amide bonds. The van der Waals surface area contributed by atoms with E-state index in [1.807, 2.05) is 12.1 Å². The first-order valence-corrected chi connectivity index (χ1v) is 14.3. The third kappa shape index (κ3) is 5.99. The van der Waals surface area contributed by atoms with E-state index < -0.39 is 8.07 Å². The summed E-state index contributed by atoms with van der Waals surface area (Å²) in [5.41, 5.74) is 2.51. The van der Waals surface area contributed by atoms with Gasteiger partial charge in [-0.2, -0.15) is 0 Å². The molecule has 1 aliphatic rings. The summed E-state index contributed by atoms with van der Waals surface area (Å²) in [5.74, 6) is 2.87. The number of hydrogen-bond acceptors (Lipinski definition) is 7. The molecular formula is C21H30N6O2Si. The number of anilines is 1. The number of rotatable bonds is 11. The Hall–Kier alpha value is -2.52. The van der Waals surface area contributed by atoms with Gasteiger partial charge >= 0.3 is 0 Å². The first-order valence-electron chi connectivity index (χ1n) is 10.6. The minimum absolute atomic E-state index is 0.451. The molecule has 8 nitrogen and oxygen atoms in total. The second-order valence-electron chi connectivity index (χ2n) is 9.08. The van der Waals surface area contributed by atoms with Crippen molar-refractivity contribution >= 4 is 25.1 Å². The maximum Gasteiger partial charge on any atom is 0.213 e. The summed E-state index contributed by atoms with van der Waals surface area (Å²) in [7, 11) is -1.09. The second kappa shape index (κ2) is 9.09. The molecule has 0 spiro atoms. The summed E-state index contributed by atoms with van der Waals surface area (Å²) < 4.78 is 11.6. The van der Waals surface area contributed by atoms with Crippen LogP contribution in [0.5, 0.6) is 5.88 Å². The Balaban J connectivity index is 1.35. The van der Waals surface area contributed by atoms with Gasteiger partial charge in [0, 0.05) is 33.5 Å². The standard InChI is InChI=1S/C21H30N6O2Si/c1-30(2,3)9-8-28-13-17-26-19-20(24-14-25-21(19)27-17)23-11-16-6-7-22-18(10-16)29-12-15-4-5-15/h6-7,10,14-15H,4-5,8-9,11-13H2,1-3H3,(H2,23,24,25,26,27). The molecule has 2 N–H and O–H groups in total. The molecule has 160 valence electrons. The van der Waals surface area contributed by atoms with E-state index in [1.54, 1.807) is 6.20 Å². The molecule has 0 saturated heterocycles. The molecule has 3 aromatic rings. The van der Waals surface area contributed by atoms with Crippen LogP contribution in [-0.2, 0) is 17.9 Å². The number of imidazole rings is 1. The van der Waals surface area contributed by atoms with Gasteiger partial charge in [-0.15, -0.1) is 0 Å². The quantitative estimate of drug-likeness (QED) is 0.353. The van der Waals surface area contributed by atoms with Gasteiger partial charge in [0.1, 0.15) is 24.3 Å². The smallest absolute Gasteiger partial charge is 0.213 e. The minimum atomic E-state index is -1.09. The summed E-state index contributed by atoms with van der Waals surface area (Å²) in [6.45, 7) is 9.61. The van der Waals surface area contributed by atoms with Gasteiger partial charge in [0.05, 0.1) is 6.61 Å². The van der Waals surface area contributed by atoms with E-state index in [1.165, 1.54) is 19.2 Å². The number of nitrogens with one attached hydrogen (secondary N) is 2. The van der Waals surface area contributed by atoms with Crippen LogP contribution in [0.2, 0.25) is 25.7 Å². The minimum Gasteiger partial charge on any atom is -0.477 e. The summed E-state index contributed by atoms with van der Waals surface area (Å²) in [6, 6.07) is 5.08. The van der Waals surface area contributed by atoms with Crippen molar-refractivity contribution < 1.29 is 9.47 Å². The first kappa shape index (κ1) is 20.7. The fourth-order valence-electron chi connectivity index (χ4n) is 2.94. The topological polar surface area (TPSA) is 97.8 Å². The number of ether oxygens (including phenoxy) is 2. The average molecular weight is 427 g/mol. The maximum absolute atomic E-state index is 5.80. The average Bonchev–Trinajstić information content (AvgIpc) is 3.45. The lowest BCUT2D eigenvalue weighted by molar-refractivity contribution is 0.128. The normalized spacial score (nSPS) is 14.2. The molecule has 1 fully saturated rings. The van der Waals surface area contributed by atoms with Gasteiger partial charge in [-0.05, 0) is 36.4 Å². The number of pyridine rings is 1. The Bertz CT molecular complexity index is 983. The number of fused-ring (bicyclic) bond motifs is 1. The van der Waals surface area contributed by atoms with E-state index in [0.29, 0.717) is 30.6 Å². The Morgan fingerprint density at radius 1 is 1.20 bits per heavy atom. The zero-order chi connectivity index (χ0) is 21.0. The molecule has 30 heavy (non-hydrogen) atoms. The summed E-state index contributed by atoms with van der Waals surface area (Å²) in [4.78, 5) is 20.8. The highest BCUT2D eigenvalue weighted by molar-refractivity contribution is 6.76. The summed E-state index contributed by atoms with van der Waals surface area (Å²) >= 11 is 0. The Morgan fingerprint density at radius 3 is 2.87 bits per heavy atom. The highest BCUT2D eigenvalue weighted by Gasteiger charge is 2.22. The van der Waals surface area contributed by atoms with Gasteiger partial charge in [-0.25, -0.2) is 19.9 Å². The van der Waals surface area contributed by atoms with Crippen LogP contribution in [-0.4, -0.2) is 46.2 Å². The molecule has 1 aliphatic carbocycles. The van der Waals surface area contributed by atoms with Crippen LogP contribution in [0.25, 0.3) is 11.2 Å². The van der Waals surface area contributed by atoms with E-state index in [0.717, 1.165) is 42.0 Å². The molecule has 0 aliphatic heterocycles. The first-order chi connectivity index (χ1) is 14.5. The number of hydrogen-bond donors (Lipinski definition) is 2. The van der Waals surface area contributed by atoms with Crippen LogP contribution >= 0.6 is 0 Å². The largest absolute Gasteiger partial charge is 0.477 e. The van der Waals surface area contributed by atoms with Crippen molar-refractivity contribution in [1.82, 2.24) is 24.9 Å². The van der Waals surface area contributed by atoms with E-state index in [4.69, 9.17) is 9.47 Å². The van der Waals surface area contributed by atoms with Crippen molar-refractivity contribution in [2.75, 3.05) is 18.5 Å². The SMILES string of the molecule is C[Si](C)(C)CCOCc1nc2ncnc(NCc3ccnc(OCC4CC4)c3)c2[nH]1. The summed E-state index contributed by atoms with van der Waals surface area (Å²) in [5, 5.41) is 3.37. The fourth-order valence-corrected chi connectivity index (χ4v) is 3.70. The Morgan fingerprint density at radius 2 is 2.07 bits per heavy atom. The lowest BCUT2D eigenvalue weighted by atomic mass is 10.2. The van der Waals surface area contributed by atoms with Crippen LogP contribution in [0.15, 0.2) is 24.7 Å². The van der Waals surface area contributed by atoms with Crippen molar-refractivity contribution in [2.24, 2.45) is 5.92 Å². The molecule has 3 aromatic heterocycles. The number of aromatic amines is 1. The van der Waals surface area contributed by atoms with E-state index >= 15 is 0 Å². The Labute approximate surface area is 177 Å². The lowest BCUT2D eigenvalue weighted by Gasteiger charge is -2.14. The highest BCUT2D eigenvalue weighted by Crippen LogP contribution is 2.29. The third-order valence-electron chi connectivity index (χ3n) is 5.00. The van der Waals surface area contributed by atoms with E-state index in [9.17, 15) is 0 Å². The van der Waals surface area contributed by atoms with Crippen molar-refractivity contribution in [3.8, 4) is 5.88 Å².